The van der Waals surface area contributed by atoms with E-state index in [1.165, 1.54) is 0 Å². The van der Waals surface area contributed by atoms with Crippen LogP contribution in [0.25, 0.3) is 0 Å². The second-order valence-electron chi connectivity index (χ2n) is 3.51. The van der Waals surface area contributed by atoms with E-state index in [2.05, 4.69) is 0 Å². The Balaban J connectivity index is 3.78. The lowest BCUT2D eigenvalue weighted by atomic mass is 10.1. The van der Waals surface area contributed by atoms with Gasteiger partial charge in [-0.1, -0.05) is 0 Å². The molecule has 0 aromatic heterocycles. The number of esters is 1. The molecule has 2 atom stereocenters. The fourth-order valence-corrected chi connectivity index (χ4v) is 0.933. The van der Waals surface area contributed by atoms with Gasteiger partial charge in [-0.15, -0.1) is 0 Å². The van der Waals surface area contributed by atoms with Crippen LogP contribution >= 0.6 is 0 Å². The average molecular weight is 247 g/mol. The molecule has 0 fully saturated rings. The molecule has 1 amide bonds. The smallest absolute Gasteiger partial charge is 0.322 e. The largest absolute Gasteiger partial charge is 0.480 e. The summed E-state index contributed by atoms with van der Waals surface area (Å²) in [7, 11) is 0. The summed E-state index contributed by atoms with van der Waals surface area (Å²) in [5, 5.41) is 8.46. The Kier molecular flexibility index (Phi) is 6.83. The first kappa shape index (κ1) is 15.3. The molecule has 0 spiro atoms. The molecular weight excluding hydrogens is 230 g/mol. The quantitative estimate of drug-likeness (QED) is 0.358. The van der Waals surface area contributed by atoms with Crippen LogP contribution in [0.5, 0.6) is 0 Å². The molecule has 7 N–H and O–H groups in total. The summed E-state index contributed by atoms with van der Waals surface area (Å²) in [5.74, 6) is -2.43. The minimum Gasteiger partial charge on any atom is -0.480 e. The van der Waals surface area contributed by atoms with Crippen molar-refractivity contribution in [3.05, 3.63) is 0 Å². The molecule has 0 rings (SSSR count). The van der Waals surface area contributed by atoms with Gasteiger partial charge < -0.3 is 27.0 Å². The molecule has 98 valence electrons. The zero-order valence-electron chi connectivity index (χ0n) is 9.30. The predicted molar refractivity (Wildman–Crippen MR) is 57.6 cm³/mol. The number of ether oxygens (including phenoxy) is 1. The highest BCUT2D eigenvalue weighted by atomic mass is 16.5. The summed E-state index contributed by atoms with van der Waals surface area (Å²) < 4.78 is 4.70. The molecular formula is C9H17N3O5. The van der Waals surface area contributed by atoms with E-state index in [0.29, 0.717) is 0 Å². The Labute approximate surface area is 98.1 Å². The van der Waals surface area contributed by atoms with E-state index in [4.69, 9.17) is 27.0 Å². The number of carbonyl (C=O) groups is 3. The molecule has 0 aromatic rings. The maximum atomic E-state index is 11.2. The number of primary amides is 1. The Morgan fingerprint density at radius 3 is 2.18 bits per heavy atom. The van der Waals surface area contributed by atoms with Crippen molar-refractivity contribution >= 4 is 17.8 Å². The molecule has 0 aliphatic rings. The number of hydrogen-bond donors (Lipinski definition) is 4. The van der Waals surface area contributed by atoms with Crippen LogP contribution in [0.15, 0.2) is 0 Å². The molecule has 0 radical (unpaired) electrons. The van der Waals surface area contributed by atoms with Crippen LogP contribution in [0.3, 0.4) is 0 Å². The standard InChI is InChI=1S/C9H17N3O5/c10-5(8(14)15)3-4-17-9(16)6(11)1-2-7(12)13/h5-6H,1-4,10-11H2,(H2,12,13)(H,14,15)/t5-,6-/m0/s1. The molecule has 8 heteroatoms. The molecule has 0 aromatic carbocycles. The summed E-state index contributed by atoms with van der Waals surface area (Å²) in [5.41, 5.74) is 15.5. The molecule has 0 aliphatic carbocycles. The minimum atomic E-state index is -1.17. The highest BCUT2D eigenvalue weighted by molar-refractivity contribution is 5.78. The van der Waals surface area contributed by atoms with E-state index in [0.717, 1.165) is 0 Å². The van der Waals surface area contributed by atoms with E-state index >= 15 is 0 Å². The fraction of sp³-hybridized carbons (Fsp3) is 0.667. The van der Waals surface area contributed by atoms with Crippen LogP contribution in [0.4, 0.5) is 0 Å². The number of aliphatic carboxylic acids is 1. The summed E-state index contributed by atoms with van der Waals surface area (Å²) in [6.07, 6.45) is 0.0909. The predicted octanol–water partition coefficient (Wildman–Crippen LogP) is -2.08. The van der Waals surface area contributed by atoms with Crippen LogP contribution in [0.2, 0.25) is 0 Å². The number of carboxylic acids is 1. The first-order chi connectivity index (χ1) is 7.84. The van der Waals surface area contributed by atoms with Gasteiger partial charge in [0.2, 0.25) is 5.91 Å². The van der Waals surface area contributed by atoms with Crippen molar-refractivity contribution in [2.75, 3.05) is 6.61 Å². The molecule has 0 saturated carbocycles. The van der Waals surface area contributed by atoms with E-state index < -0.39 is 29.9 Å². The minimum absolute atomic E-state index is 0.00358. The highest BCUT2D eigenvalue weighted by Gasteiger charge is 2.17. The van der Waals surface area contributed by atoms with Crippen molar-refractivity contribution in [1.82, 2.24) is 0 Å². The molecule has 0 heterocycles. The maximum Gasteiger partial charge on any atom is 0.322 e. The van der Waals surface area contributed by atoms with Gasteiger partial charge in [0.15, 0.2) is 0 Å². The number of carbonyl (C=O) groups excluding carboxylic acids is 2. The number of carboxylic acid groups (broad SMARTS) is 1. The summed E-state index contributed by atoms with van der Waals surface area (Å²) in [4.78, 5) is 32.0. The van der Waals surface area contributed by atoms with Crippen LogP contribution in [-0.2, 0) is 19.1 Å². The highest BCUT2D eigenvalue weighted by Crippen LogP contribution is 1.98. The van der Waals surface area contributed by atoms with Crippen LogP contribution < -0.4 is 17.2 Å². The first-order valence-electron chi connectivity index (χ1n) is 5.03. The lowest BCUT2D eigenvalue weighted by Crippen LogP contribution is -2.35. The van der Waals surface area contributed by atoms with Gasteiger partial charge >= 0.3 is 11.9 Å². The lowest BCUT2D eigenvalue weighted by Gasteiger charge is -2.11. The van der Waals surface area contributed by atoms with Crippen LogP contribution in [-0.4, -0.2) is 41.6 Å². The molecule has 0 aliphatic heterocycles. The normalized spacial score (nSPS) is 13.8. The Hall–Kier alpha value is -1.67. The molecule has 0 unspecified atom stereocenters. The Morgan fingerprint density at radius 2 is 1.71 bits per heavy atom. The second kappa shape index (κ2) is 7.58. The van der Waals surface area contributed by atoms with Crippen molar-refractivity contribution in [2.45, 2.75) is 31.3 Å². The second-order valence-corrected chi connectivity index (χ2v) is 3.51. The van der Waals surface area contributed by atoms with Gasteiger partial charge in [-0.3, -0.25) is 14.4 Å². The summed E-state index contributed by atoms with van der Waals surface area (Å²) in [6.45, 7) is -0.128. The SMILES string of the molecule is NC(=O)CC[C@H](N)C(=O)OCC[C@H](N)C(=O)O. The van der Waals surface area contributed by atoms with Crippen molar-refractivity contribution in [1.29, 1.82) is 0 Å². The number of amides is 1. The van der Waals surface area contributed by atoms with E-state index in [-0.39, 0.29) is 25.9 Å². The van der Waals surface area contributed by atoms with Crippen molar-refractivity contribution in [2.24, 2.45) is 17.2 Å². The topological polar surface area (TPSA) is 159 Å². The van der Waals surface area contributed by atoms with Gasteiger partial charge in [0.05, 0.1) is 6.61 Å². The van der Waals surface area contributed by atoms with Crippen molar-refractivity contribution < 1.29 is 24.2 Å². The van der Waals surface area contributed by atoms with Crippen LogP contribution in [0.1, 0.15) is 19.3 Å². The maximum absolute atomic E-state index is 11.2. The zero-order chi connectivity index (χ0) is 13.4. The Bertz CT molecular complexity index is 294. The monoisotopic (exact) mass is 247 g/mol. The number of nitrogens with two attached hydrogens (primary N) is 3. The number of hydrogen-bond acceptors (Lipinski definition) is 6. The Morgan fingerprint density at radius 1 is 1.12 bits per heavy atom. The van der Waals surface area contributed by atoms with Gasteiger partial charge in [-0.2, -0.15) is 0 Å². The lowest BCUT2D eigenvalue weighted by molar-refractivity contribution is -0.147. The molecule has 0 saturated heterocycles. The van der Waals surface area contributed by atoms with E-state index in [1.807, 2.05) is 0 Å². The summed E-state index contributed by atoms with van der Waals surface area (Å²) in [6, 6.07) is -2.02. The molecule has 0 bridgehead atoms. The van der Waals surface area contributed by atoms with Crippen LogP contribution in [0, 0.1) is 0 Å². The van der Waals surface area contributed by atoms with Gasteiger partial charge in [-0.25, -0.2) is 0 Å². The van der Waals surface area contributed by atoms with Gasteiger partial charge in [0.25, 0.3) is 0 Å². The van der Waals surface area contributed by atoms with Gasteiger partial charge in [0.1, 0.15) is 12.1 Å². The number of rotatable bonds is 8. The fourth-order valence-electron chi connectivity index (χ4n) is 0.933. The average Bonchev–Trinajstić information content (AvgIpc) is 2.25. The first-order valence-corrected chi connectivity index (χ1v) is 5.03. The van der Waals surface area contributed by atoms with E-state index in [1.54, 1.807) is 0 Å². The third kappa shape index (κ3) is 7.25. The zero-order valence-corrected chi connectivity index (χ0v) is 9.30. The van der Waals surface area contributed by atoms with Gasteiger partial charge in [0, 0.05) is 12.8 Å². The third-order valence-electron chi connectivity index (χ3n) is 1.99. The van der Waals surface area contributed by atoms with Crippen molar-refractivity contribution in [3.63, 3.8) is 0 Å². The molecule has 8 nitrogen and oxygen atoms in total. The molecule has 17 heavy (non-hydrogen) atoms. The van der Waals surface area contributed by atoms with Gasteiger partial charge in [-0.05, 0) is 6.42 Å². The summed E-state index contributed by atoms with van der Waals surface area (Å²) >= 11 is 0. The van der Waals surface area contributed by atoms with E-state index in [9.17, 15) is 14.4 Å². The third-order valence-corrected chi connectivity index (χ3v) is 1.99. The van der Waals surface area contributed by atoms with Crippen molar-refractivity contribution in [3.8, 4) is 0 Å².